The van der Waals surface area contributed by atoms with E-state index in [2.05, 4.69) is 42.7 Å². The van der Waals surface area contributed by atoms with E-state index in [0.717, 1.165) is 23.3 Å². The first-order valence-electron chi connectivity index (χ1n) is 13.1. The Bertz CT molecular complexity index is 1210. The largest absolute Gasteiger partial charge is 0.491 e. The Hall–Kier alpha value is -3.36. The third-order valence-electron chi connectivity index (χ3n) is 6.85. The normalized spacial score (nSPS) is 14.8. The molecule has 0 spiro atoms. The predicted octanol–water partition coefficient (Wildman–Crippen LogP) is 5.87. The second-order valence-electron chi connectivity index (χ2n) is 9.90. The highest BCUT2D eigenvalue weighted by Crippen LogP contribution is 2.34. The molecular formula is C30H37N3O4S. The fourth-order valence-corrected chi connectivity index (χ4v) is 5.47. The maximum atomic E-state index is 13.7. The molecule has 0 radical (unpaired) electrons. The first-order chi connectivity index (χ1) is 18.4. The molecule has 8 heteroatoms. The van der Waals surface area contributed by atoms with Crippen LogP contribution in [0.15, 0.2) is 60.0 Å². The van der Waals surface area contributed by atoms with Crippen LogP contribution in [-0.2, 0) is 16.0 Å². The van der Waals surface area contributed by atoms with Crippen LogP contribution in [0.3, 0.4) is 0 Å². The summed E-state index contributed by atoms with van der Waals surface area (Å²) in [7, 11) is 1.59. The maximum absolute atomic E-state index is 13.7. The highest BCUT2D eigenvalue weighted by molar-refractivity contribution is 7.10. The van der Waals surface area contributed by atoms with Gasteiger partial charge in [0, 0.05) is 30.8 Å². The number of ether oxygens (including phenoxy) is 2. The van der Waals surface area contributed by atoms with Crippen molar-refractivity contribution in [3.05, 3.63) is 81.5 Å². The molecule has 38 heavy (non-hydrogen) atoms. The van der Waals surface area contributed by atoms with Crippen molar-refractivity contribution in [2.75, 3.05) is 45.3 Å². The van der Waals surface area contributed by atoms with Crippen molar-refractivity contribution in [3.63, 3.8) is 0 Å². The molecule has 0 bridgehead atoms. The highest BCUT2D eigenvalue weighted by Gasteiger charge is 2.33. The number of nitrogens with zero attached hydrogens (tertiary/aromatic N) is 2. The number of carbonyl (C=O) groups is 2. The van der Waals surface area contributed by atoms with E-state index in [9.17, 15) is 9.59 Å². The zero-order chi connectivity index (χ0) is 27.1. The summed E-state index contributed by atoms with van der Waals surface area (Å²) < 4.78 is 11.4. The number of nitrogens with one attached hydrogen (secondary N) is 1. The van der Waals surface area contributed by atoms with E-state index in [1.165, 1.54) is 15.3 Å². The summed E-state index contributed by atoms with van der Waals surface area (Å²) in [5, 5.41) is 4.98. The number of aryl methyl sites for hydroxylation is 1. The van der Waals surface area contributed by atoms with Gasteiger partial charge in [-0.25, -0.2) is 4.79 Å². The summed E-state index contributed by atoms with van der Waals surface area (Å²) >= 11 is 1.72. The van der Waals surface area contributed by atoms with Crippen molar-refractivity contribution in [2.45, 2.75) is 39.2 Å². The Morgan fingerprint density at radius 1 is 1.11 bits per heavy atom. The summed E-state index contributed by atoms with van der Waals surface area (Å²) in [6.07, 6.45) is 0.798. The lowest BCUT2D eigenvalue weighted by Crippen LogP contribution is -2.49. The molecule has 1 aliphatic heterocycles. The fraction of sp³-hybridized carbons (Fsp3) is 0.400. The van der Waals surface area contributed by atoms with Gasteiger partial charge >= 0.3 is 6.03 Å². The smallest absolute Gasteiger partial charge is 0.322 e. The van der Waals surface area contributed by atoms with Gasteiger partial charge < -0.3 is 24.6 Å². The van der Waals surface area contributed by atoms with Gasteiger partial charge in [-0.05, 0) is 66.1 Å². The number of hydrogen-bond donors (Lipinski definition) is 1. The molecule has 0 fully saturated rings. The minimum Gasteiger partial charge on any atom is -0.491 e. The number of fused-ring (bicyclic) bond motifs is 1. The number of urea groups is 1. The number of benzene rings is 2. The Morgan fingerprint density at radius 2 is 1.84 bits per heavy atom. The van der Waals surface area contributed by atoms with Gasteiger partial charge in [0.05, 0.1) is 12.6 Å². The molecule has 202 valence electrons. The van der Waals surface area contributed by atoms with E-state index in [-0.39, 0.29) is 24.5 Å². The standard InChI is InChI=1S/C30H37N3O4S/c1-21(2)23-7-11-25(12-8-23)37-20-27-26-14-18-38-28(26)13-15-33(27)29(34)19-32(16-17-36-4)30(35)31-24-9-5-22(3)6-10-24/h5-12,14,18,21,27H,13,15-17,19-20H2,1-4H3,(H,31,35). The zero-order valence-corrected chi connectivity index (χ0v) is 23.4. The van der Waals surface area contributed by atoms with Crippen molar-refractivity contribution in [1.82, 2.24) is 9.80 Å². The molecule has 1 unspecified atom stereocenters. The summed E-state index contributed by atoms with van der Waals surface area (Å²) in [4.78, 5) is 31.4. The second kappa shape index (κ2) is 12.9. The first-order valence-corrected chi connectivity index (χ1v) is 13.9. The van der Waals surface area contributed by atoms with Crippen LogP contribution in [0.4, 0.5) is 10.5 Å². The number of amides is 3. The van der Waals surface area contributed by atoms with E-state index in [0.29, 0.717) is 37.9 Å². The predicted molar refractivity (Wildman–Crippen MR) is 152 cm³/mol. The van der Waals surface area contributed by atoms with Crippen molar-refractivity contribution in [3.8, 4) is 5.75 Å². The molecule has 0 saturated heterocycles. The second-order valence-corrected chi connectivity index (χ2v) is 10.9. The van der Waals surface area contributed by atoms with Gasteiger partial charge in [0.1, 0.15) is 18.9 Å². The number of hydrogen-bond acceptors (Lipinski definition) is 5. The van der Waals surface area contributed by atoms with E-state index >= 15 is 0 Å². The number of methoxy groups -OCH3 is 1. The topological polar surface area (TPSA) is 71.1 Å². The monoisotopic (exact) mass is 535 g/mol. The van der Waals surface area contributed by atoms with E-state index in [1.54, 1.807) is 18.4 Å². The van der Waals surface area contributed by atoms with Gasteiger partial charge in [0.25, 0.3) is 0 Å². The molecule has 0 saturated carbocycles. The molecule has 2 aromatic carbocycles. The Kier molecular flexibility index (Phi) is 9.42. The lowest BCUT2D eigenvalue weighted by Gasteiger charge is -2.37. The van der Waals surface area contributed by atoms with Gasteiger partial charge in [-0.3, -0.25) is 4.79 Å². The van der Waals surface area contributed by atoms with Crippen molar-refractivity contribution in [2.24, 2.45) is 0 Å². The molecule has 1 atom stereocenters. The van der Waals surface area contributed by atoms with Gasteiger partial charge in [-0.15, -0.1) is 11.3 Å². The van der Waals surface area contributed by atoms with Crippen molar-refractivity contribution >= 4 is 29.0 Å². The molecule has 0 aliphatic carbocycles. The Labute approximate surface area is 229 Å². The molecule has 1 N–H and O–H groups in total. The summed E-state index contributed by atoms with van der Waals surface area (Å²) in [5.74, 6) is 1.12. The fourth-order valence-electron chi connectivity index (χ4n) is 4.55. The van der Waals surface area contributed by atoms with Crippen LogP contribution in [0.2, 0.25) is 0 Å². The quantitative estimate of drug-likeness (QED) is 0.353. The minimum atomic E-state index is -0.328. The first kappa shape index (κ1) is 27.7. The van der Waals surface area contributed by atoms with Crippen LogP contribution in [-0.4, -0.2) is 61.7 Å². The van der Waals surface area contributed by atoms with Crippen LogP contribution in [0.5, 0.6) is 5.75 Å². The minimum absolute atomic E-state index is 0.0416. The lowest BCUT2D eigenvalue weighted by atomic mass is 10.00. The van der Waals surface area contributed by atoms with Gasteiger partial charge in [0.15, 0.2) is 0 Å². The number of carbonyl (C=O) groups excluding carboxylic acids is 2. The summed E-state index contributed by atoms with van der Waals surface area (Å²) in [5.41, 5.74) is 4.18. The third kappa shape index (κ3) is 6.94. The zero-order valence-electron chi connectivity index (χ0n) is 22.6. The van der Waals surface area contributed by atoms with Gasteiger partial charge in [-0.1, -0.05) is 43.7 Å². The van der Waals surface area contributed by atoms with Crippen LogP contribution in [0.1, 0.15) is 47.4 Å². The number of anilines is 1. The molecule has 4 rings (SSSR count). The Morgan fingerprint density at radius 3 is 2.53 bits per heavy atom. The van der Waals surface area contributed by atoms with E-state index in [1.807, 2.05) is 48.2 Å². The molecule has 1 aromatic heterocycles. The van der Waals surface area contributed by atoms with Crippen molar-refractivity contribution in [1.29, 1.82) is 0 Å². The molecule has 2 heterocycles. The number of rotatable bonds is 10. The SMILES string of the molecule is COCCN(CC(=O)N1CCc2sccc2C1COc1ccc(C(C)C)cc1)C(=O)Nc1ccc(C)cc1. The van der Waals surface area contributed by atoms with Crippen LogP contribution < -0.4 is 10.1 Å². The average Bonchev–Trinajstić information content (AvgIpc) is 3.40. The number of thiophene rings is 1. The highest BCUT2D eigenvalue weighted by atomic mass is 32.1. The summed E-state index contributed by atoms with van der Waals surface area (Å²) in [6.45, 7) is 7.86. The molecule has 1 aliphatic rings. The van der Waals surface area contributed by atoms with Crippen molar-refractivity contribution < 1.29 is 19.1 Å². The van der Waals surface area contributed by atoms with Crippen LogP contribution in [0.25, 0.3) is 0 Å². The Balaban J connectivity index is 1.47. The molecule has 3 amide bonds. The lowest BCUT2D eigenvalue weighted by molar-refractivity contribution is -0.135. The molecule has 7 nitrogen and oxygen atoms in total. The van der Waals surface area contributed by atoms with Crippen LogP contribution >= 0.6 is 11.3 Å². The molecular weight excluding hydrogens is 498 g/mol. The third-order valence-corrected chi connectivity index (χ3v) is 7.85. The average molecular weight is 536 g/mol. The van der Waals surface area contributed by atoms with Crippen LogP contribution in [0, 0.1) is 6.92 Å². The van der Waals surface area contributed by atoms with E-state index in [4.69, 9.17) is 9.47 Å². The summed E-state index contributed by atoms with van der Waals surface area (Å²) in [6, 6.07) is 17.3. The van der Waals surface area contributed by atoms with Gasteiger partial charge in [-0.2, -0.15) is 0 Å². The van der Waals surface area contributed by atoms with E-state index < -0.39 is 0 Å². The molecule has 3 aromatic rings. The van der Waals surface area contributed by atoms with Gasteiger partial charge in [0.2, 0.25) is 5.91 Å². The maximum Gasteiger partial charge on any atom is 0.322 e.